The number of rotatable bonds is 8. The van der Waals surface area contributed by atoms with Crippen molar-refractivity contribution >= 4 is 5.91 Å². The molecule has 0 aliphatic heterocycles. The minimum absolute atomic E-state index is 0.00177. The number of hydrogen-bond donors (Lipinski definition) is 1. The lowest BCUT2D eigenvalue weighted by Gasteiger charge is -2.13. The molecule has 0 spiro atoms. The van der Waals surface area contributed by atoms with E-state index in [1.54, 1.807) is 6.20 Å². The molecule has 0 fully saturated rings. The first-order chi connectivity index (χ1) is 13.5. The Morgan fingerprint density at radius 1 is 1.14 bits per heavy atom. The van der Waals surface area contributed by atoms with Crippen molar-refractivity contribution in [2.75, 3.05) is 6.61 Å². The average Bonchev–Trinajstić information content (AvgIpc) is 3.18. The number of benzene rings is 2. The summed E-state index contributed by atoms with van der Waals surface area (Å²) >= 11 is 0. The highest BCUT2D eigenvalue weighted by Crippen LogP contribution is 2.23. The van der Waals surface area contributed by atoms with Gasteiger partial charge in [0.25, 0.3) is 5.91 Å². The number of aryl methyl sites for hydroxylation is 1. The number of hydrogen-bond acceptors (Lipinski definition) is 3. The standard InChI is InChI=1S/C23H27N3O2/c1-17(2)22-10-9-21(13-18(22)3)28-16-23(27)24-14-19-7-4-5-8-20(19)15-26-12-6-11-25-26/h4-13,17H,14-16H2,1-3H3,(H,24,27). The van der Waals surface area contributed by atoms with Gasteiger partial charge in [0.2, 0.25) is 0 Å². The summed E-state index contributed by atoms with van der Waals surface area (Å²) in [6.07, 6.45) is 3.69. The largest absolute Gasteiger partial charge is 0.484 e. The molecule has 0 saturated carbocycles. The minimum Gasteiger partial charge on any atom is -0.484 e. The lowest BCUT2D eigenvalue weighted by molar-refractivity contribution is -0.123. The van der Waals surface area contributed by atoms with E-state index in [4.69, 9.17) is 4.74 Å². The maximum absolute atomic E-state index is 12.2. The van der Waals surface area contributed by atoms with Gasteiger partial charge in [-0.2, -0.15) is 5.10 Å². The van der Waals surface area contributed by atoms with Crippen molar-refractivity contribution in [2.45, 2.75) is 39.8 Å². The zero-order chi connectivity index (χ0) is 19.9. The molecule has 1 N–H and O–H groups in total. The van der Waals surface area contributed by atoms with Crippen molar-refractivity contribution in [3.05, 3.63) is 83.2 Å². The van der Waals surface area contributed by atoms with Gasteiger partial charge in [0, 0.05) is 18.9 Å². The van der Waals surface area contributed by atoms with Crippen LogP contribution in [-0.4, -0.2) is 22.3 Å². The maximum atomic E-state index is 12.2. The van der Waals surface area contributed by atoms with E-state index in [-0.39, 0.29) is 12.5 Å². The SMILES string of the molecule is Cc1cc(OCC(=O)NCc2ccccc2Cn2cccn2)ccc1C(C)C. The minimum atomic E-state index is -0.139. The van der Waals surface area contributed by atoms with Crippen LogP contribution in [0.4, 0.5) is 0 Å². The van der Waals surface area contributed by atoms with Crippen LogP contribution in [0.1, 0.15) is 42.0 Å². The fourth-order valence-electron chi connectivity index (χ4n) is 3.23. The molecule has 0 radical (unpaired) electrons. The van der Waals surface area contributed by atoms with Gasteiger partial charge in [0.1, 0.15) is 5.75 Å². The Kier molecular flexibility index (Phi) is 6.48. The monoisotopic (exact) mass is 377 g/mol. The van der Waals surface area contributed by atoms with Crippen molar-refractivity contribution in [1.29, 1.82) is 0 Å². The van der Waals surface area contributed by atoms with Crippen LogP contribution in [0, 0.1) is 6.92 Å². The number of aromatic nitrogens is 2. The molecule has 3 aromatic rings. The van der Waals surface area contributed by atoms with Crippen LogP contribution in [-0.2, 0) is 17.9 Å². The van der Waals surface area contributed by atoms with E-state index in [0.717, 1.165) is 16.9 Å². The fourth-order valence-corrected chi connectivity index (χ4v) is 3.23. The van der Waals surface area contributed by atoms with E-state index in [0.29, 0.717) is 19.0 Å². The molecule has 0 saturated heterocycles. The molecule has 0 unspecified atom stereocenters. The molecule has 3 rings (SSSR count). The van der Waals surface area contributed by atoms with E-state index in [9.17, 15) is 4.79 Å². The number of nitrogens with zero attached hydrogens (tertiary/aromatic N) is 2. The third-order valence-corrected chi connectivity index (χ3v) is 4.72. The summed E-state index contributed by atoms with van der Waals surface area (Å²) in [7, 11) is 0. The Hall–Kier alpha value is -3.08. The second-order valence-electron chi connectivity index (χ2n) is 7.21. The van der Waals surface area contributed by atoms with Crippen molar-refractivity contribution in [3.8, 4) is 5.75 Å². The molecule has 0 aliphatic rings. The highest BCUT2D eigenvalue weighted by Gasteiger charge is 2.08. The summed E-state index contributed by atoms with van der Waals surface area (Å²) in [5, 5.41) is 7.18. The third kappa shape index (κ3) is 5.22. The second kappa shape index (κ2) is 9.22. The fraction of sp³-hybridized carbons (Fsp3) is 0.304. The van der Waals surface area contributed by atoms with Gasteiger partial charge in [-0.25, -0.2) is 0 Å². The molecule has 0 aliphatic carbocycles. The van der Waals surface area contributed by atoms with Crippen molar-refractivity contribution in [1.82, 2.24) is 15.1 Å². The lowest BCUT2D eigenvalue weighted by atomic mass is 9.98. The van der Waals surface area contributed by atoms with Crippen LogP contribution in [0.15, 0.2) is 60.9 Å². The van der Waals surface area contributed by atoms with Gasteiger partial charge in [-0.3, -0.25) is 9.48 Å². The Morgan fingerprint density at radius 2 is 1.93 bits per heavy atom. The number of carbonyl (C=O) groups is 1. The Balaban J connectivity index is 1.53. The van der Waals surface area contributed by atoms with Gasteiger partial charge in [-0.15, -0.1) is 0 Å². The predicted octanol–water partition coefficient (Wildman–Crippen LogP) is 4.06. The highest BCUT2D eigenvalue weighted by atomic mass is 16.5. The quantitative estimate of drug-likeness (QED) is 0.644. The number of amides is 1. The Labute approximate surface area is 166 Å². The molecule has 1 amide bonds. The van der Waals surface area contributed by atoms with Crippen LogP contribution in [0.2, 0.25) is 0 Å². The molecule has 0 atom stereocenters. The topological polar surface area (TPSA) is 56.1 Å². The molecule has 5 heteroatoms. The van der Waals surface area contributed by atoms with Gasteiger partial charge in [-0.05, 0) is 53.3 Å². The zero-order valence-corrected chi connectivity index (χ0v) is 16.7. The molecule has 1 aromatic heterocycles. The molecular formula is C23H27N3O2. The molecular weight excluding hydrogens is 350 g/mol. The first-order valence-corrected chi connectivity index (χ1v) is 9.57. The third-order valence-electron chi connectivity index (χ3n) is 4.72. The van der Waals surface area contributed by atoms with E-state index in [2.05, 4.69) is 43.3 Å². The van der Waals surface area contributed by atoms with Crippen LogP contribution >= 0.6 is 0 Å². The number of ether oxygens (including phenoxy) is 1. The van der Waals surface area contributed by atoms with Crippen molar-refractivity contribution < 1.29 is 9.53 Å². The molecule has 2 aromatic carbocycles. The molecule has 146 valence electrons. The zero-order valence-electron chi connectivity index (χ0n) is 16.7. The first-order valence-electron chi connectivity index (χ1n) is 9.57. The lowest BCUT2D eigenvalue weighted by Crippen LogP contribution is -2.28. The van der Waals surface area contributed by atoms with Crippen LogP contribution < -0.4 is 10.1 Å². The first kappa shape index (κ1) is 19.7. The van der Waals surface area contributed by atoms with Crippen LogP contribution in [0.25, 0.3) is 0 Å². The van der Waals surface area contributed by atoms with E-state index in [1.165, 1.54) is 11.1 Å². The van der Waals surface area contributed by atoms with Gasteiger partial charge in [0.15, 0.2) is 6.61 Å². The Morgan fingerprint density at radius 3 is 2.61 bits per heavy atom. The van der Waals surface area contributed by atoms with Gasteiger partial charge >= 0.3 is 0 Å². The molecule has 1 heterocycles. The summed E-state index contributed by atoms with van der Waals surface area (Å²) in [6.45, 7) is 7.55. The highest BCUT2D eigenvalue weighted by molar-refractivity contribution is 5.77. The van der Waals surface area contributed by atoms with Gasteiger partial charge in [0.05, 0.1) is 6.54 Å². The smallest absolute Gasteiger partial charge is 0.258 e. The van der Waals surface area contributed by atoms with E-state index in [1.807, 2.05) is 47.3 Å². The van der Waals surface area contributed by atoms with E-state index < -0.39 is 0 Å². The maximum Gasteiger partial charge on any atom is 0.258 e. The number of nitrogens with one attached hydrogen (secondary N) is 1. The van der Waals surface area contributed by atoms with Crippen LogP contribution in [0.3, 0.4) is 0 Å². The van der Waals surface area contributed by atoms with E-state index >= 15 is 0 Å². The predicted molar refractivity (Wildman–Crippen MR) is 110 cm³/mol. The second-order valence-corrected chi connectivity index (χ2v) is 7.21. The Bertz CT molecular complexity index is 917. The number of carbonyl (C=O) groups excluding carboxylic acids is 1. The average molecular weight is 377 g/mol. The van der Waals surface area contributed by atoms with Crippen molar-refractivity contribution in [2.24, 2.45) is 0 Å². The van der Waals surface area contributed by atoms with Gasteiger partial charge in [-0.1, -0.05) is 44.2 Å². The summed E-state index contributed by atoms with van der Waals surface area (Å²) in [5.74, 6) is 1.05. The summed E-state index contributed by atoms with van der Waals surface area (Å²) in [6, 6.07) is 15.9. The summed E-state index contributed by atoms with van der Waals surface area (Å²) in [5.41, 5.74) is 4.68. The summed E-state index contributed by atoms with van der Waals surface area (Å²) in [4.78, 5) is 12.2. The molecule has 5 nitrogen and oxygen atoms in total. The summed E-state index contributed by atoms with van der Waals surface area (Å²) < 4.78 is 7.53. The van der Waals surface area contributed by atoms with Crippen molar-refractivity contribution in [3.63, 3.8) is 0 Å². The normalized spacial score (nSPS) is 10.9. The molecule has 28 heavy (non-hydrogen) atoms. The molecule has 0 bridgehead atoms. The van der Waals surface area contributed by atoms with Crippen LogP contribution in [0.5, 0.6) is 5.75 Å². The van der Waals surface area contributed by atoms with Gasteiger partial charge < -0.3 is 10.1 Å².